The van der Waals surface area contributed by atoms with E-state index in [9.17, 15) is 12.8 Å². The Bertz CT molecular complexity index is 1210. The largest absolute Gasteiger partial charge is 0.299 e. The molecule has 0 aliphatic rings. The summed E-state index contributed by atoms with van der Waals surface area (Å²) in [6.45, 7) is 0. The molecule has 4 nitrogen and oxygen atoms in total. The lowest BCUT2D eigenvalue weighted by Gasteiger charge is -2.08. The quantitative estimate of drug-likeness (QED) is 0.451. The van der Waals surface area contributed by atoms with Gasteiger partial charge in [0.1, 0.15) is 22.3 Å². The van der Waals surface area contributed by atoms with Crippen molar-refractivity contribution >= 4 is 22.3 Å². The highest BCUT2D eigenvalue weighted by molar-refractivity contribution is 7.71. The molecular weight excluding hydrogens is 411 g/mol. The molecule has 0 spiro atoms. The average Bonchev–Trinajstić information content (AvgIpc) is 3.14. The van der Waals surface area contributed by atoms with E-state index in [2.05, 4.69) is 0 Å². The summed E-state index contributed by atoms with van der Waals surface area (Å²) < 4.78 is 37.1. The molecule has 4 aromatic rings. The second-order valence-corrected chi connectivity index (χ2v) is 7.91. The van der Waals surface area contributed by atoms with Crippen LogP contribution in [0.4, 0.5) is 4.39 Å². The van der Waals surface area contributed by atoms with Gasteiger partial charge in [-0.25, -0.2) is 17.8 Å². The van der Waals surface area contributed by atoms with Crippen LogP contribution in [-0.4, -0.2) is 18.0 Å². The Hall–Kier alpha value is -2.96. The number of halogens is 2. The summed E-state index contributed by atoms with van der Waals surface area (Å²) in [6.07, 6.45) is 1.88. The molecule has 0 saturated heterocycles. The molecule has 0 fully saturated rings. The lowest BCUT2D eigenvalue weighted by Crippen LogP contribution is -1.97. The van der Waals surface area contributed by atoms with Crippen LogP contribution in [0.25, 0.3) is 28.3 Å². The molecule has 3 aromatic carbocycles. The molecule has 1 aromatic heterocycles. The molecule has 0 unspecified atom stereocenters. The maximum atomic E-state index is 13.3. The predicted octanol–water partition coefficient (Wildman–Crippen LogP) is 5.11. The van der Waals surface area contributed by atoms with Crippen molar-refractivity contribution in [3.05, 3.63) is 95.4 Å². The highest BCUT2D eigenvalue weighted by Gasteiger charge is 2.13. The summed E-state index contributed by atoms with van der Waals surface area (Å²) in [4.78, 5) is 4.76. The SMILES string of the molecule is O=[SH](=O)Cc1ccc(-n2cc(-c3ccc(F)cc3)nc2-c2ccc(Cl)cc2)cc1. The van der Waals surface area contributed by atoms with Crippen molar-refractivity contribution in [2.45, 2.75) is 5.75 Å². The van der Waals surface area contributed by atoms with Gasteiger partial charge in [0.25, 0.3) is 0 Å². The Labute approximate surface area is 174 Å². The van der Waals surface area contributed by atoms with Crippen molar-refractivity contribution in [3.63, 3.8) is 0 Å². The standard InChI is InChI=1S/C22H16ClFN2O2S/c23-18-7-3-17(4-8-18)22-25-21(16-5-9-19(24)10-6-16)13-26(22)20-11-1-15(2-12-20)14-29(27)28/h1-13,29H,14H2. The monoisotopic (exact) mass is 426 g/mol. The van der Waals surface area contributed by atoms with Crippen LogP contribution in [0.1, 0.15) is 5.56 Å². The van der Waals surface area contributed by atoms with Gasteiger partial charge in [0, 0.05) is 28.0 Å². The smallest absolute Gasteiger partial charge is 0.145 e. The Morgan fingerprint density at radius 3 is 2.10 bits per heavy atom. The zero-order valence-corrected chi connectivity index (χ0v) is 16.8. The van der Waals surface area contributed by atoms with E-state index in [0.717, 1.165) is 22.4 Å². The molecule has 1 heterocycles. The van der Waals surface area contributed by atoms with Crippen molar-refractivity contribution in [1.29, 1.82) is 0 Å². The van der Waals surface area contributed by atoms with Crippen molar-refractivity contribution in [1.82, 2.24) is 9.55 Å². The second-order valence-electron chi connectivity index (χ2n) is 6.49. The van der Waals surface area contributed by atoms with E-state index in [1.165, 1.54) is 12.1 Å². The van der Waals surface area contributed by atoms with E-state index in [1.807, 2.05) is 35.0 Å². The molecule has 0 radical (unpaired) electrons. The molecule has 0 aliphatic heterocycles. The van der Waals surface area contributed by atoms with Crippen LogP contribution in [-0.2, 0) is 16.5 Å². The molecule has 7 heteroatoms. The third kappa shape index (κ3) is 4.39. The first-order chi connectivity index (χ1) is 14.0. The third-order valence-electron chi connectivity index (χ3n) is 4.47. The molecule has 0 amide bonds. The van der Waals surface area contributed by atoms with E-state index >= 15 is 0 Å². The molecule has 29 heavy (non-hydrogen) atoms. The van der Waals surface area contributed by atoms with Gasteiger partial charge < -0.3 is 0 Å². The number of nitrogens with zero attached hydrogens (tertiary/aromatic N) is 2. The highest BCUT2D eigenvalue weighted by Crippen LogP contribution is 2.29. The van der Waals surface area contributed by atoms with Crippen LogP contribution < -0.4 is 0 Å². The van der Waals surface area contributed by atoms with Gasteiger partial charge in [0.15, 0.2) is 0 Å². The fourth-order valence-corrected chi connectivity index (χ4v) is 3.69. The van der Waals surface area contributed by atoms with Crippen molar-refractivity contribution in [2.24, 2.45) is 0 Å². The summed E-state index contributed by atoms with van der Waals surface area (Å²) in [7, 11) is -2.48. The Kier molecular flexibility index (Phi) is 5.47. The van der Waals surface area contributed by atoms with Crippen molar-refractivity contribution in [2.75, 3.05) is 0 Å². The van der Waals surface area contributed by atoms with Crippen LogP contribution >= 0.6 is 11.6 Å². The average molecular weight is 427 g/mol. The number of imidazole rings is 1. The fourth-order valence-electron chi connectivity index (χ4n) is 3.05. The summed E-state index contributed by atoms with van der Waals surface area (Å²) in [5.74, 6) is 0.395. The minimum atomic E-state index is -2.48. The first-order valence-corrected chi connectivity index (χ1v) is 10.6. The fraction of sp³-hybridized carbons (Fsp3) is 0.0455. The number of aromatic nitrogens is 2. The zero-order chi connectivity index (χ0) is 20.4. The number of benzene rings is 3. The van der Waals surface area contributed by atoms with Crippen molar-refractivity contribution < 1.29 is 12.8 Å². The highest BCUT2D eigenvalue weighted by atomic mass is 35.5. The molecule has 146 valence electrons. The molecular formula is C22H16ClFN2O2S. The Morgan fingerprint density at radius 2 is 1.48 bits per heavy atom. The van der Waals surface area contributed by atoms with Crippen LogP contribution in [0.3, 0.4) is 0 Å². The molecule has 0 bridgehead atoms. The van der Waals surface area contributed by atoms with Gasteiger partial charge in [-0.3, -0.25) is 4.57 Å². The second kappa shape index (κ2) is 8.19. The van der Waals surface area contributed by atoms with E-state index in [0.29, 0.717) is 16.5 Å². The minimum Gasteiger partial charge on any atom is -0.299 e. The normalized spacial score (nSPS) is 11.1. The summed E-state index contributed by atoms with van der Waals surface area (Å²) in [5, 5.41) is 0.627. The molecule has 4 rings (SSSR count). The van der Waals surface area contributed by atoms with Gasteiger partial charge in [-0.2, -0.15) is 0 Å². The maximum absolute atomic E-state index is 13.3. The van der Waals surface area contributed by atoms with Gasteiger partial charge in [-0.1, -0.05) is 23.7 Å². The van der Waals surface area contributed by atoms with Crippen LogP contribution in [0, 0.1) is 5.82 Å². The molecule has 0 N–H and O–H groups in total. The van der Waals surface area contributed by atoms with Crippen LogP contribution in [0.2, 0.25) is 5.02 Å². The van der Waals surface area contributed by atoms with Gasteiger partial charge in [-0.15, -0.1) is 0 Å². The predicted molar refractivity (Wildman–Crippen MR) is 113 cm³/mol. The number of rotatable bonds is 5. The van der Waals surface area contributed by atoms with Crippen LogP contribution in [0.15, 0.2) is 79.0 Å². The molecule has 0 aliphatic carbocycles. The van der Waals surface area contributed by atoms with Crippen molar-refractivity contribution in [3.8, 4) is 28.3 Å². The van der Waals surface area contributed by atoms with Gasteiger partial charge in [0.2, 0.25) is 0 Å². The summed E-state index contributed by atoms with van der Waals surface area (Å²) >= 11 is 6.02. The first-order valence-electron chi connectivity index (χ1n) is 8.82. The zero-order valence-electron chi connectivity index (χ0n) is 15.1. The van der Waals surface area contributed by atoms with Crippen LogP contribution in [0.5, 0.6) is 0 Å². The maximum Gasteiger partial charge on any atom is 0.145 e. The minimum absolute atomic E-state index is 0.00438. The first kappa shape index (κ1) is 19.4. The lowest BCUT2D eigenvalue weighted by atomic mass is 10.2. The number of hydrogen-bond donors (Lipinski definition) is 1. The van der Waals surface area contributed by atoms with E-state index in [1.54, 1.807) is 36.4 Å². The molecule has 0 atom stereocenters. The third-order valence-corrected chi connectivity index (χ3v) is 5.35. The van der Waals surface area contributed by atoms with Gasteiger partial charge in [0.05, 0.1) is 11.4 Å². The Morgan fingerprint density at radius 1 is 0.862 bits per heavy atom. The molecule has 0 saturated carbocycles. The number of thiol groups is 1. The Balaban J connectivity index is 1.82. The van der Waals surface area contributed by atoms with E-state index in [4.69, 9.17) is 16.6 Å². The summed E-state index contributed by atoms with van der Waals surface area (Å²) in [6, 6.07) is 20.8. The van der Waals surface area contributed by atoms with E-state index < -0.39 is 10.7 Å². The number of hydrogen-bond acceptors (Lipinski definition) is 3. The van der Waals surface area contributed by atoms with E-state index in [-0.39, 0.29) is 11.6 Å². The lowest BCUT2D eigenvalue weighted by molar-refractivity contribution is 0.614. The topological polar surface area (TPSA) is 52.0 Å². The van der Waals surface area contributed by atoms with Gasteiger partial charge >= 0.3 is 0 Å². The van der Waals surface area contributed by atoms with Gasteiger partial charge in [-0.05, 0) is 66.2 Å². The summed E-state index contributed by atoms with van der Waals surface area (Å²) in [5.41, 5.74) is 3.91.